The molecule has 1 aliphatic heterocycles. The maximum absolute atomic E-state index is 13.0. The molecule has 3 rings (SSSR count). The van der Waals surface area contributed by atoms with E-state index in [1.165, 1.54) is 12.1 Å². The van der Waals surface area contributed by atoms with Gasteiger partial charge in [0.2, 0.25) is 0 Å². The summed E-state index contributed by atoms with van der Waals surface area (Å²) >= 11 is 0. The number of morpholine rings is 1. The minimum atomic E-state index is -2.86. The molecule has 0 radical (unpaired) electrons. The first-order valence-corrected chi connectivity index (χ1v) is 8.78. The first kappa shape index (κ1) is 19.1. The van der Waals surface area contributed by atoms with Gasteiger partial charge in [-0.2, -0.15) is 8.78 Å². The average Bonchev–Trinajstić information content (AvgIpc) is 2.62. The second-order valence-corrected chi connectivity index (χ2v) is 6.54. The summed E-state index contributed by atoms with van der Waals surface area (Å²) in [5.41, 5.74) is 1.86. The number of nitrogens with one attached hydrogen (secondary N) is 1. The fourth-order valence-electron chi connectivity index (χ4n) is 3.17. The highest BCUT2D eigenvalue weighted by Crippen LogP contribution is 2.25. The van der Waals surface area contributed by atoms with E-state index in [0.717, 1.165) is 0 Å². The van der Waals surface area contributed by atoms with Crippen molar-refractivity contribution in [2.24, 2.45) is 0 Å². The molecule has 27 heavy (non-hydrogen) atoms. The molecule has 2 aromatic carbocycles. The molecule has 1 heterocycles. The van der Waals surface area contributed by atoms with Gasteiger partial charge in [-0.1, -0.05) is 12.1 Å². The van der Waals surface area contributed by atoms with Gasteiger partial charge in [-0.25, -0.2) is 0 Å². The predicted octanol–water partition coefficient (Wildman–Crippen LogP) is 4.28. The van der Waals surface area contributed by atoms with Crippen molar-refractivity contribution >= 4 is 17.3 Å². The third-order valence-corrected chi connectivity index (χ3v) is 4.22. The number of nitrogens with zero attached hydrogens (tertiary/aromatic N) is 1. The second-order valence-electron chi connectivity index (χ2n) is 6.54. The van der Waals surface area contributed by atoms with Gasteiger partial charge < -0.3 is 19.7 Å². The van der Waals surface area contributed by atoms with E-state index >= 15 is 0 Å². The van der Waals surface area contributed by atoms with E-state index in [1.807, 2.05) is 32.0 Å². The summed E-state index contributed by atoms with van der Waals surface area (Å²) in [6.07, 6.45) is -0.0274. The number of ether oxygens (including phenoxy) is 2. The van der Waals surface area contributed by atoms with Crippen LogP contribution in [0.5, 0.6) is 5.75 Å². The topological polar surface area (TPSA) is 50.8 Å². The molecular weight excluding hydrogens is 354 g/mol. The highest BCUT2D eigenvalue weighted by Gasteiger charge is 2.27. The lowest BCUT2D eigenvalue weighted by Crippen LogP contribution is -2.48. The average molecular weight is 376 g/mol. The van der Waals surface area contributed by atoms with Crippen LogP contribution in [0.4, 0.5) is 20.2 Å². The maximum Gasteiger partial charge on any atom is 0.387 e. The van der Waals surface area contributed by atoms with Crippen LogP contribution in [0.1, 0.15) is 24.2 Å². The number of alkyl halides is 2. The Balaban J connectivity index is 1.76. The smallest absolute Gasteiger partial charge is 0.387 e. The van der Waals surface area contributed by atoms with Crippen molar-refractivity contribution in [1.82, 2.24) is 4.90 Å². The first-order valence-electron chi connectivity index (χ1n) is 8.78. The third-order valence-electron chi connectivity index (χ3n) is 4.22. The number of para-hydroxylation sites is 1. The zero-order valence-corrected chi connectivity index (χ0v) is 15.2. The van der Waals surface area contributed by atoms with Crippen LogP contribution in [-0.4, -0.2) is 42.7 Å². The van der Waals surface area contributed by atoms with E-state index in [0.29, 0.717) is 30.0 Å². The van der Waals surface area contributed by atoms with E-state index in [9.17, 15) is 13.6 Å². The lowest BCUT2D eigenvalue weighted by atomic mass is 10.1. The number of hydrogen-bond donors (Lipinski definition) is 1. The second kappa shape index (κ2) is 8.35. The molecule has 0 saturated carbocycles. The first-order chi connectivity index (χ1) is 12.9. The Morgan fingerprint density at radius 1 is 1.11 bits per heavy atom. The molecule has 1 N–H and O–H groups in total. The fraction of sp³-hybridized carbons (Fsp3) is 0.350. The largest absolute Gasteiger partial charge is 0.435 e. The molecule has 2 unspecified atom stereocenters. The Bertz CT molecular complexity index is 773. The summed E-state index contributed by atoms with van der Waals surface area (Å²) in [5, 5.41) is 3.17. The van der Waals surface area contributed by atoms with E-state index in [1.54, 1.807) is 23.1 Å². The molecule has 1 fully saturated rings. The van der Waals surface area contributed by atoms with Gasteiger partial charge in [-0.15, -0.1) is 0 Å². The standard InChI is InChI=1S/C20H22F2N2O3/c1-13-11-24(12-14(2)26-13)19(25)17-5-3-4-6-18(17)23-15-7-9-16(10-8-15)27-20(21)22/h3-10,13-14,20,23H,11-12H2,1-2H3. The number of amides is 1. The van der Waals surface area contributed by atoms with E-state index in [4.69, 9.17) is 4.74 Å². The number of carbonyl (C=O) groups excluding carboxylic acids is 1. The van der Waals surface area contributed by atoms with Gasteiger partial charge in [0.05, 0.1) is 23.5 Å². The van der Waals surface area contributed by atoms with Gasteiger partial charge in [-0.3, -0.25) is 4.79 Å². The molecule has 0 bridgehead atoms. The normalized spacial score (nSPS) is 19.8. The Kier molecular flexibility index (Phi) is 5.91. The van der Waals surface area contributed by atoms with Crippen molar-refractivity contribution in [2.45, 2.75) is 32.7 Å². The van der Waals surface area contributed by atoms with Gasteiger partial charge in [0.1, 0.15) is 5.75 Å². The lowest BCUT2D eigenvalue weighted by molar-refractivity contribution is -0.0585. The minimum absolute atomic E-state index is 0.0137. The van der Waals surface area contributed by atoms with Crippen LogP contribution in [0.25, 0.3) is 0 Å². The van der Waals surface area contributed by atoms with Crippen LogP contribution in [0, 0.1) is 0 Å². The molecule has 0 aromatic heterocycles. The molecule has 5 nitrogen and oxygen atoms in total. The van der Waals surface area contributed by atoms with Crippen molar-refractivity contribution < 1.29 is 23.0 Å². The fourth-order valence-corrected chi connectivity index (χ4v) is 3.17. The zero-order valence-electron chi connectivity index (χ0n) is 15.2. The summed E-state index contributed by atoms with van der Waals surface area (Å²) in [7, 11) is 0. The highest BCUT2D eigenvalue weighted by atomic mass is 19.3. The summed E-state index contributed by atoms with van der Waals surface area (Å²) in [4.78, 5) is 14.8. The Morgan fingerprint density at radius 2 is 1.74 bits per heavy atom. The summed E-state index contributed by atoms with van der Waals surface area (Å²) in [5.74, 6) is 0.00829. The van der Waals surface area contributed by atoms with Crippen molar-refractivity contribution in [3.05, 3.63) is 54.1 Å². The molecule has 0 spiro atoms. The molecule has 1 saturated heterocycles. The van der Waals surface area contributed by atoms with Crippen molar-refractivity contribution in [2.75, 3.05) is 18.4 Å². The van der Waals surface area contributed by atoms with Crippen molar-refractivity contribution in [3.63, 3.8) is 0 Å². The molecule has 2 aromatic rings. The molecule has 1 amide bonds. The number of hydrogen-bond acceptors (Lipinski definition) is 4. The van der Waals surface area contributed by atoms with Crippen LogP contribution in [0.15, 0.2) is 48.5 Å². The van der Waals surface area contributed by atoms with Gasteiger partial charge in [0.25, 0.3) is 5.91 Å². The van der Waals surface area contributed by atoms with Crippen LogP contribution < -0.4 is 10.1 Å². The van der Waals surface area contributed by atoms with E-state index in [2.05, 4.69) is 10.1 Å². The molecule has 2 atom stereocenters. The Hall–Kier alpha value is -2.67. The Labute approximate surface area is 156 Å². The zero-order chi connectivity index (χ0) is 19.4. The van der Waals surface area contributed by atoms with Crippen LogP contribution >= 0.6 is 0 Å². The molecule has 144 valence electrons. The minimum Gasteiger partial charge on any atom is -0.435 e. The third kappa shape index (κ3) is 4.95. The number of halogens is 2. The van der Waals surface area contributed by atoms with E-state index < -0.39 is 6.61 Å². The molecule has 0 aliphatic carbocycles. The van der Waals surface area contributed by atoms with Crippen LogP contribution in [-0.2, 0) is 4.74 Å². The Morgan fingerprint density at radius 3 is 2.37 bits per heavy atom. The van der Waals surface area contributed by atoms with Crippen molar-refractivity contribution in [1.29, 1.82) is 0 Å². The SMILES string of the molecule is CC1CN(C(=O)c2ccccc2Nc2ccc(OC(F)F)cc2)CC(C)O1. The van der Waals surface area contributed by atoms with Crippen molar-refractivity contribution in [3.8, 4) is 5.75 Å². The molecule has 1 aliphatic rings. The predicted molar refractivity (Wildman–Crippen MR) is 98.7 cm³/mol. The highest BCUT2D eigenvalue weighted by molar-refractivity contribution is 6.00. The monoisotopic (exact) mass is 376 g/mol. The maximum atomic E-state index is 13.0. The lowest BCUT2D eigenvalue weighted by Gasteiger charge is -2.35. The van der Waals surface area contributed by atoms with E-state index in [-0.39, 0.29) is 23.9 Å². The number of benzene rings is 2. The quantitative estimate of drug-likeness (QED) is 0.846. The van der Waals surface area contributed by atoms with Gasteiger partial charge in [-0.05, 0) is 50.2 Å². The van der Waals surface area contributed by atoms with Crippen LogP contribution in [0.3, 0.4) is 0 Å². The summed E-state index contributed by atoms with van der Waals surface area (Å²) < 4.78 is 34.5. The van der Waals surface area contributed by atoms with Gasteiger partial charge in [0.15, 0.2) is 0 Å². The van der Waals surface area contributed by atoms with Gasteiger partial charge in [0, 0.05) is 18.8 Å². The summed E-state index contributed by atoms with van der Waals surface area (Å²) in [6.45, 7) is 2.11. The summed E-state index contributed by atoms with van der Waals surface area (Å²) in [6, 6.07) is 13.4. The molecule has 7 heteroatoms. The number of anilines is 2. The van der Waals surface area contributed by atoms with Gasteiger partial charge >= 0.3 is 6.61 Å². The molecular formula is C20H22F2N2O3. The number of rotatable bonds is 5. The number of carbonyl (C=O) groups is 1. The van der Waals surface area contributed by atoms with Crippen LogP contribution in [0.2, 0.25) is 0 Å².